The highest BCUT2D eigenvalue weighted by atomic mass is 35.5. The summed E-state index contributed by atoms with van der Waals surface area (Å²) in [6.07, 6.45) is 0. The fraction of sp³-hybridized carbons (Fsp3) is 0.100. The molecule has 2 rings (SSSR count). The second-order valence-electron chi connectivity index (χ2n) is 2.89. The third-order valence-electron chi connectivity index (χ3n) is 1.90. The standard InChI is InChI=1S/C10H9FN2O.ClH/c11-8-3-1-7(2-4-8)10-5-9(6-12)13-14-10;/h1-5H,6,12H2;1H. The zero-order valence-corrected chi connectivity index (χ0v) is 8.63. The number of hydrogen-bond acceptors (Lipinski definition) is 3. The molecule has 2 N–H and O–H groups in total. The molecule has 0 saturated carbocycles. The second-order valence-corrected chi connectivity index (χ2v) is 2.89. The molecule has 0 amide bonds. The maximum atomic E-state index is 12.6. The highest BCUT2D eigenvalue weighted by Crippen LogP contribution is 2.20. The predicted molar refractivity (Wildman–Crippen MR) is 57.0 cm³/mol. The minimum Gasteiger partial charge on any atom is -0.356 e. The van der Waals surface area contributed by atoms with Gasteiger partial charge in [-0.05, 0) is 24.3 Å². The average molecular weight is 229 g/mol. The first-order chi connectivity index (χ1) is 6.79. The molecule has 80 valence electrons. The van der Waals surface area contributed by atoms with E-state index in [1.165, 1.54) is 12.1 Å². The average Bonchev–Trinajstić information content (AvgIpc) is 2.67. The third-order valence-corrected chi connectivity index (χ3v) is 1.90. The van der Waals surface area contributed by atoms with Crippen LogP contribution in [0.25, 0.3) is 11.3 Å². The second kappa shape index (κ2) is 4.91. The largest absolute Gasteiger partial charge is 0.356 e. The minimum atomic E-state index is -0.271. The van der Waals surface area contributed by atoms with E-state index in [1.807, 2.05) is 0 Å². The highest BCUT2D eigenvalue weighted by molar-refractivity contribution is 5.85. The van der Waals surface area contributed by atoms with Crippen molar-refractivity contribution in [1.29, 1.82) is 0 Å². The van der Waals surface area contributed by atoms with Gasteiger partial charge in [-0.1, -0.05) is 5.16 Å². The third kappa shape index (κ3) is 2.55. The summed E-state index contributed by atoms with van der Waals surface area (Å²) >= 11 is 0. The van der Waals surface area contributed by atoms with Gasteiger partial charge in [0, 0.05) is 18.2 Å². The van der Waals surface area contributed by atoms with Crippen LogP contribution in [0.4, 0.5) is 4.39 Å². The van der Waals surface area contributed by atoms with E-state index >= 15 is 0 Å². The normalized spacial score (nSPS) is 9.73. The lowest BCUT2D eigenvalue weighted by molar-refractivity contribution is 0.424. The summed E-state index contributed by atoms with van der Waals surface area (Å²) in [6, 6.07) is 7.76. The zero-order chi connectivity index (χ0) is 9.97. The predicted octanol–water partition coefficient (Wildman–Crippen LogP) is 2.36. The lowest BCUT2D eigenvalue weighted by Gasteiger charge is -1.93. The van der Waals surface area contributed by atoms with Gasteiger partial charge in [-0.15, -0.1) is 12.4 Å². The van der Waals surface area contributed by atoms with Gasteiger partial charge in [0.05, 0.1) is 5.69 Å². The molecule has 15 heavy (non-hydrogen) atoms. The number of nitrogens with two attached hydrogens (primary N) is 1. The molecule has 5 heteroatoms. The van der Waals surface area contributed by atoms with Gasteiger partial charge >= 0.3 is 0 Å². The Morgan fingerprint density at radius 3 is 2.47 bits per heavy atom. The Bertz CT molecular complexity index is 427. The van der Waals surface area contributed by atoms with Gasteiger partial charge in [-0.25, -0.2) is 4.39 Å². The first-order valence-corrected chi connectivity index (χ1v) is 4.21. The molecular formula is C10H10ClFN2O. The molecule has 3 nitrogen and oxygen atoms in total. The monoisotopic (exact) mass is 228 g/mol. The van der Waals surface area contributed by atoms with Crippen LogP contribution >= 0.6 is 12.4 Å². The van der Waals surface area contributed by atoms with Crippen LogP contribution in [-0.2, 0) is 6.54 Å². The molecule has 0 atom stereocenters. The van der Waals surface area contributed by atoms with Crippen LogP contribution < -0.4 is 5.73 Å². The number of rotatable bonds is 2. The molecule has 0 aliphatic carbocycles. The molecule has 1 aromatic heterocycles. The first kappa shape index (κ1) is 11.7. The molecule has 0 radical (unpaired) electrons. The van der Waals surface area contributed by atoms with Gasteiger partial charge in [0.25, 0.3) is 0 Å². The van der Waals surface area contributed by atoms with Crippen molar-refractivity contribution in [2.24, 2.45) is 5.73 Å². The summed E-state index contributed by atoms with van der Waals surface area (Å²) in [5, 5.41) is 3.74. The maximum absolute atomic E-state index is 12.6. The van der Waals surface area contributed by atoms with E-state index in [0.29, 0.717) is 18.0 Å². The molecule has 0 aliphatic rings. The van der Waals surface area contributed by atoms with Crippen molar-refractivity contribution in [2.75, 3.05) is 0 Å². The van der Waals surface area contributed by atoms with Crippen LogP contribution in [-0.4, -0.2) is 5.16 Å². The van der Waals surface area contributed by atoms with Crippen molar-refractivity contribution in [1.82, 2.24) is 5.16 Å². The van der Waals surface area contributed by atoms with Gasteiger partial charge in [0.1, 0.15) is 5.82 Å². The van der Waals surface area contributed by atoms with E-state index in [2.05, 4.69) is 5.16 Å². The van der Waals surface area contributed by atoms with E-state index in [-0.39, 0.29) is 18.2 Å². The van der Waals surface area contributed by atoms with Crippen molar-refractivity contribution < 1.29 is 8.91 Å². The molecule has 0 saturated heterocycles. The minimum absolute atomic E-state index is 0. The van der Waals surface area contributed by atoms with Crippen LogP contribution in [0.2, 0.25) is 0 Å². The maximum Gasteiger partial charge on any atom is 0.167 e. The number of aromatic nitrogens is 1. The summed E-state index contributed by atoms with van der Waals surface area (Å²) in [4.78, 5) is 0. The van der Waals surface area contributed by atoms with Crippen LogP contribution in [0, 0.1) is 5.82 Å². The molecule has 2 aromatic rings. The smallest absolute Gasteiger partial charge is 0.167 e. The Morgan fingerprint density at radius 2 is 1.93 bits per heavy atom. The molecule has 0 aliphatic heterocycles. The number of benzene rings is 1. The van der Waals surface area contributed by atoms with Crippen molar-refractivity contribution in [3.05, 3.63) is 41.8 Å². The van der Waals surface area contributed by atoms with Gasteiger partial charge < -0.3 is 10.3 Å². The lowest BCUT2D eigenvalue weighted by Crippen LogP contribution is -1.94. The van der Waals surface area contributed by atoms with Crippen LogP contribution in [0.1, 0.15) is 5.69 Å². The van der Waals surface area contributed by atoms with E-state index in [1.54, 1.807) is 18.2 Å². The quantitative estimate of drug-likeness (QED) is 0.859. The molecule has 0 spiro atoms. The Balaban J connectivity index is 0.00000112. The van der Waals surface area contributed by atoms with Crippen molar-refractivity contribution in [2.45, 2.75) is 6.54 Å². The van der Waals surface area contributed by atoms with E-state index in [0.717, 1.165) is 5.56 Å². The summed E-state index contributed by atoms with van der Waals surface area (Å²) in [7, 11) is 0. The van der Waals surface area contributed by atoms with Crippen molar-refractivity contribution in [3.63, 3.8) is 0 Å². The van der Waals surface area contributed by atoms with E-state index < -0.39 is 0 Å². The fourth-order valence-electron chi connectivity index (χ4n) is 1.16. The Hall–Kier alpha value is -1.39. The van der Waals surface area contributed by atoms with Crippen molar-refractivity contribution >= 4 is 12.4 Å². The Labute approximate surface area is 92.5 Å². The molecule has 1 heterocycles. The molecular weight excluding hydrogens is 219 g/mol. The molecule has 1 aromatic carbocycles. The number of hydrogen-bond donors (Lipinski definition) is 1. The first-order valence-electron chi connectivity index (χ1n) is 4.21. The summed E-state index contributed by atoms with van der Waals surface area (Å²) in [5.41, 5.74) is 6.86. The Kier molecular flexibility index (Phi) is 3.82. The molecule has 0 bridgehead atoms. The van der Waals surface area contributed by atoms with Gasteiger partial charge in [-0.3, -0.25) is 0 Å². The van der Waals surface area contributed by atoms with E-state index in [4.69, 9.17) is 10.3 Å². The lowest BCUT2D eigenvalue weighted by atomic mass is 10.1. The summed E-state index contributed by atoms with van der Waals surface area (Å²) in [6.45, 7) is 0.338. The van der Waals surface area contributed by atoms with Gasteiger partial charge in [0.15, 0.2) is 5.76 Å². The van der Waals surface area contributed by atoms with E-state index in [9.17, 15) is 4.39 Å². The summed E-state index contributed by atoms with van der Waals surface area (Å²) in [5.74, 6) is 0.331. The van der Waals surface area contributed by atoms with Gasteiger partial charge in [-0.2, -0.15) is 0 Å². The van der Waals surface area contributed by atoms with Crippen LogP contribution in [0.15, 0.2) is 34.9 Å². The van der Waals surface area contributed by atoms with Crippen molar-refractivity contribution in [3.8, 4) is 11.3 Å². The van der Waals surface area contributed by atoms with Crippen LogP contribution in [0.3, 0.4) is 0 Å². The Morgan fingerprint density at radius 1 is 1.27 bits per heavy atom. The zero-order valence-electron chi connectivity index (χ0n) is 7.81. The number of halogens is 2. The molecule has 0 unspecified atom stereocenters. The summed E-state index contributed by atoms with van der Waals surface area (Å²) < 4.78 is 17.6. The molecule has 0 fully saturated rings. The van der Waals surface area contributed by atoms with Gasteiger partial charge in [0.2, 0.25) is 0 Å². The van der Waals surface area contributed by atoms with Crippen LogP contribution in [0.5, 0.6) is 0 Å². The highest BCUT2D eigenvalue weighted by Gasteiger charge is 2.04. The fourth-order valence-corrected chi connectivity index (χ4v) is 1.16. The topological polar surface area (TPSA) is 52.0 Å². The SMILES string of the molecule is Cl.NCc1cc(-c2ccc(F)cc2)on1. The number of nitrogens with zero attached hydrogens (tertiary/aromatic N) is 1.